The first kappa shape index (κ1) is 23.3. The van der Waals surface area contributed by atoms with E-state index >= 15 is 0 Å². The van der Waals surface area contributed by atoms with Gasteiger partial charge in [0, 0.05) is 34.1 Å². The van der Waals surface area contributed by atoms with Crippen LogP contribution in [0.25, 0.3) is 0 Å². The summed E-state index contributed by atoms with van der Waals surface area (Å²) in [4.78, 5) is 56.8. The van der Waals surface area contributed by atoms with Crippen LogP contribution in [-0.4, -0.2) is 72.1 Å². The van der Waals surface area contributed by atoms with Crippen LogP contribution in [0, 0.1) is 0 Å². The number of aliphatic carboxylic acids is 1. The van der Waals surface area contributed by atoms with E-state index in [1.165, 1.54) is 0 Å². The predicted octanol–water partition coefficient (Wildman–Crippen LogP) is -0.0232. The number of carbonyl (C=O) groups is 5. The van der Waals surface area contributed by atoms with Crippen molar-refractivity contribution in [2.45, 2.75) is 71.1 Å². The van der Waals surface area contributed by atoms with E-state index in [1.807, 2.05) is 0 Å². The van der Waals surface area contributed by atoms with Gasteiger partial charge in [-0.1, -0.05) is 0 Å². The van der Waals surface area contributed by atoms with Gasteiger partial charge in [0.1, 0.15) is 12.7 Å². The van der Waals surface area contributed by atoms with Gasteiger partial charge in [0.05, 0.1) is 6.10 Å². The van der Waals surface area contributed by atoms with E-state index in [-0.39, 0.29) is 19.4 Å². The maximum Gasteiger partial charge on any atom is 0.303 e. The molecule has 1 fully saturated rings. The summed E-state index contributed by atoms with van der Waals surface area (Å²) in [5.41, 5.74) is 0. The normalized spacial score (nSPS) is 26.6. The fourth-order valence-corrected chi connectivity index (χ4v) is 2.82. The minimum absolute atomic E-state index is 0.0889. The van der Waals surface area contributed by atoms with E-state index in [0.29, 0.717) is 0 Å². The summed E-state index contributed by atoms with van der Waals surface area (Å²) in [6.07, 6.45) is -6.23. The Morgan fingerprint density at radius 1 is 0.750 bits per heavy atom. The van der Waals surface area contributed by atoms with Crippen LogP contribution in [0.15, 0.2) is 0 Å². The lowest BCUT2D eigenvalue weighted by Crippen LogP contribution is -2.62. The Balaban J connectivity index is 3.26. The molecule has 0 spiro atoms. The van der Waals surface area contributed by atoms with Crippen molar-refractivity contribution in [3.63, 3.8) is 0 Å². The number of carboxylic acids is 1. The van der Waals surface area contributed by atoms with Crippen molar-refractivity contribution >= 4 is 29.8 Å². The average Bonchev–Trinajstić information content (AvgIpc) is 2.54. The molecule has 28 heavy (non-hydrogen) atoms. The molecule has 11 heteroatoms. The van der Waals surface area contributed by atoms with Crippen molar-refractivity contribution in [2.24, 2.45) is 0 Å². The number of hydrogen-bond donors (Lipinski definition) is 1. The van der Waals surface area contributed by atoms with Crippen LogP contribution in [0.2, 0.25) is 0 Å². The smallest absolute Gasteiger partial charge is 0.303 e. The highest BCUT2D eigenvalue weighted by atomic mass is 16.7. The van der Waals surface area contributed by atoms with Gasteiger partial charge < -0.3 is 28.8 Å². The zero-order valence-corrected chi connectivity index (χ0v) is 16.0. The maximum atomic E-state index is 11.6. The summed E-state index contributed by atoms with van der Waals surface area (Å²) in [5, 5.41) is 8.95. The van der Waals surface area contributed by atoms with Crippen LogP contribution in [0.3, 0.4) is 0 Å². The van der Waals surface area contributed by atoms with Crippen LogP contribution in [0.4, 0.5) is 0 Å². The molecule has 0 aromatic rings. The Bertz CT molecular complexity index is 570. The van der Waals surface area contributed by atoms with Crippen LogP contribution >= 0.6 is 0 Å². The quantitative estimate of drug-likeness (QED) is 0.429. The molecular formula is C17H24O11. The average molecular weight is 404 g/mol. The topological polar surface area (TPSA) is 152 Å². The molecule has 0 aromatic carbocycles. The lowest BCUT2D eigenvalue weighted by molar-refractivity contribution is -0.253. The second-order valence-electron chi connectivity index (χ2n) is 6.17. The summed E-state index contributed by atoms with van der Waals surface area (Å²) in [6.45, 7) is 4.16. The molecule has 0 saturated carbocycles. The first-order valence-electron chi connectivity index (χ1n) is 8.53. The number of carbonyl (C=O) groups excluding carboxylic acids is 4. The van der Waals surface area contributed by atoms with Crippen LogP contribution in [0.5, 0.6) is 0 Å². The van der Waals surface area contributed by atoms with Crippen molar-refractivity contribution in [1.29, 1.82) is 0 Å². The largest absolute Gasteiger partial charge is 0.481 e. The third kappa shape index (κ3) is 7.51. The molecule has 1 saturated heterocycles. The van der Waals surface area contributed by atoms with Gasteiger partial charge in [-0.05, 0) is 6.42 Å². The molecule has 0 unspecified atom stereocenters. The van der Waals surface area contributed by atoms with Gasteiger partial charge in [0.15, 0.2) is 18.3 Å². The zero-order chi connectivity index (χ0) is 21.4. The van der Waals surface area contributed by atoms with Crippen LogP contribution in [0.1, 0.15) is 40.5 Å². The zero-order valence-electron chi connectivity index (χ0n) is 16.0. The molecule has 0 radical (unpaired) electrons. The molecule has 1 heterocycles. The Morgan fingerprint density at radius 2 is 1.21 bits per heavy atom. The summed E-state index contributed by atoms with van der Waals surface area (Å²) < 4.78 is 26.3. The SMILES string of the molecule is CC(=O)OC[C@H]1O[C@@H](CCC(=O)O)[C@H](OC(C)=O)[C@@H](OC(C)=O)[C@@H]1OC(C)=O. The first-order valence-corrected chi connectivity index (χ1v) is 8.53. The highest BCUT2D eigenvalue weighted by molar-refractivity contribution is 5.69. The molecule has 1 N–H and O–H groups in total. The van der Waals surface area contributed by atoms with Gasteiger partial charge in [-0.2, -0.15) is 0 Å². The number of hydrogen-bond acceptors (Lipinski definition) is 10. The summed E-state index contributed by atoms with van der Waals surface area (Å²) in [6, 6.07) is 0. The Kier molecular flexibility index (Phi) is 8.83. The van der Waals surface area contributed by atoms with Gasteiger partial charge in [0.2, 0.25) is 0 Å². The minimum Gasteiger partial charge on any atom is -0.481 e. The van der Waals surface area contributed by atoms with Gasteiger partial charge in [-0.15, -0.1) is 0 Å². The molecule has 0 aliphatic carbocycles. The minimum atomic E-state index is -1.28. The Labute approximate surface area is 161 Å². The van der Waals surface area contributed by atoms with E-state index in [1.54, 1.807) is 0 Å². The van der Waals surface area contributed by atoms with Gasteiger partial charge in [-0.3, -0.25) is 24.0 Å². The number of esters is 4. The van der Waals surface area contributed by atoms with E-state index in [0.717, 1.165) is 27.7 Å². The van der Waals surface area contributed by atoms with Crippen molar-refractivity contribution in [2.75, 3.05) is 6.61 Å². The highest BCUT2D eigenvalue weighted by Crippen LogP contribution is 2.31. The van der Waals surface area contributed by atoms with E-state index in [9.17, 15) is 24.0 Å². The molecule has 11 nitrogen and oxygen atoms in total. The fraction of sp³-hybridized carbons (Fsp3) is 0.706. The number of carboxylic acid groups (broad SMARTS) is 1. The summed E-state index contributed by atoms with van der Waals surface area (Å²) in [7, 11) is 0. The fourth-order valence-electron chi connectivity index (χ4n) is 2.82. The predicted molar refractivity (Wildman–Crippen MR) is 88.8 cm³/mol. The van der Waals surface area contributed by atoms with E-state index in [4.69, 9.17) is 28.8 Å². The number of ether oxygens (including phenoxy) is 5. The molecule has 1 rings (SSSR count). The van der Waals surface area contributed by atoms with E-state index in [2.05, 4.69) is 0 Å². The third-order valence-corrected chi connectivity index (χ3v) is 3.73. The Morgan fingerprint density at radius 3 is 1.64 bits per heavy atom. The van der Waals surface area contributed by atoms with Crippen LogP contribution in [-0.2, 0) is 47.7 Å². The second kappa shape index (κ2) is 10.6. The monoisotopic (exact) mass is 404 g/mol. The second-order valence-corrected chi connectivity index (χ2v) is 6.17. The van der Waals surface area contributed by atoms with Crippen LogP contribution < -0.4 is 0 Å². The lowest BCUT2D eigenvalue weighted by atomic mass is 9.92. The molecule has 1 aliphatic heterocycles. The van der Waals surface area contributed by atoms with Crippen molar-refractivity contribution in [3.8, 4) is 0 Å². The first-order chi connectivity index (χ1) is 13.0. The van der Waals surface area contributed by atoms with Gasteiger partial charge >= 0.3 is 29.8 Å². The molecule has 0 amide bonds. The molecule has 0 aromatic heterocycles. The lowest BCUT2D eigenvalue weighted by Gasteiger charge is -2.44. The maximum absolute atomic E-state index is 11.6. The van der Waals surface area contributed by atoms with Crippen molar-refractivity contribution < 1.29 is 52.8 Å². The number of rotatable bonds is 8. The third-order valence-electron chi connectivity index (χ3n) is 3.73. The molecule has 1 aliphatic rings. The summed E-state index contributed by atoms with van der Waals surface area (Å²) >= 11 is 0. The molecule has 0 bridgehead atoms. The Hall–Kier alpha value is -2.69. The standard InChI is InChI=1S/C17H24O11/c1-8(18)24-7-13-16(26-10(3)20)17(27-11(4)21)15(25-9(2)19)12(28-13)5-6-14(22)23/h12-13,15-17H,5-7H2,1-4H3,(H,22,23)/t12-,13+,15-,16+,17+/m0/s1. The van der Waals surface area contributed by atoms with Crippen molar-refractivity contribution in [3.05, 3.63) is 0 Å². The highest BCUT2D eigenvalue weighted by Gasteiger charge is 2.51. The van der Waals surface area contributed by atoms with Crippen molar-refractivity contribution in [1.82, 2.24) is 0 Å². The van der Waals surface area contributed by atoms with Gasteiger partial charge in [-0.25, -0.2) is 0 Å². The molecule has 5 atom stereocenters. The van der Waals surface area contributed by atoms with E-state index < -0.39 is 60.4 Å². The molecule has 158 valence electrons. The van der Waals surface area contributed by atoms with Gasteiger partial charge in [0.25, 0.3) is 0 Å². The summed E-state index contributed by atoms with van der Waals surface area (Å²) in [5.74, 6) is -3.95. The molecular weight excluding hydrogens is 380 g/mol.